The number of nitrogens with one attached hydrogen (secondary N) is 2. The minimum atomic E-state index is -2.58. The quantitative estimate of drug-likeness (QED) is 0.894. The van der Waals surface area contributed by atoms with Gasteiger partial charge in [0.2, 0.25) is 5.79 Å². The normalized spacial score (nSPS) is 20.1. The minimum absolute atomic E-state index is 0.444. The number of carbonyl (C=O) groups is 1. The first-order valence-corrected chi connectivity index (χ1v) is 6.27. The molecule has 1 aromatic rings. The lowest BCUT2D eigenvalue weighted by molar-refractivity contribution is -0.0640. The molecule has 1 heterocycles. The maximum absolute atomic E-state index is 12.0. The summed E-state index contributed by atoms with van der Waals surface area (Å²) >= 11 is 0. The Labute approximate surface area is 115 Å². The number of benzene rings is 1. The highest BCUT2D eigenvalue weighted by Gasteiger charge is 2.34. The van der Waals surface area contributed by atoms with Gasteiger partial charge < -0.3 is 20.1 Å². The van der Waals surface area contributed by atoms with Gasteiger partial charge in [0.05, 0.1) is 6.54 Å². The second kappa shape index (κ2) is 5.52. The number of halogens is 2. The monoisotopic (exact) mass is 286 g/mol. The number of hydrogen-bond acceptors (Lipinski definition) is 3. The fourth-order valence-corrected chi connectivity index (χ4v) is 1.73. The van der Waals surface area contributed by atoms with E-state index in [1.807, 2.05) is 13.8 Å². The molecule has 2 amide bonds. The zero-order valence-corrected chi connectivity index (χ0v) is 11.2. The van der Waals surface area contributed by atoms with E-state index in [0.29, 0.717) is 23.6 Å². The number of ether oxygens (including phenoxy) is 2. The Kier molecular flexibility index (Phi) is 3.96. The number of alkyl halides is 2. The van der Waals surface area contributed by atoms with Crippen LogP contribution in [0.1, 0.15) is 20.3 Å². The van der Waals surface area contributed by atoms with Crippen LogP contribution in [0.2, 0.25) is 0 Å². The zero-order chi connectivity index (χ0) is 14.8. The van der Waals surface area contributed by atoms with Gasteiger partial charge in [0, 0.05) is 25.1 Å². The second-order valence-corrected chi connectivity index (χ2v) is 4.58. The molecule has 0 aromatic heterocycles. The number of anilines is 1. The fraction of sp³-hybridized carbons (Fsp3) is 0.462. The van der Waals surface area contributed by atoms with Gasteiger partial charge in [-0.2, -0.15) is 0 Å². The Morgan fingerprint density at radius 3 is 2.70 bits per heavy atom. The van der Waals surface area contributed by atoms with Crippen LogP contribution in [-0.2, 0) is 0 Å². The molecule has 0 spiro atoms. The standard InChI is InChI=1S/C13H16F2N2O3/c1-3-13(2)19-9-5-4-8(6-10(9)20-13)17-12(18)16-7-11(14)15/h4-6,11H,3,7H2,1-2H3,(H2,16,17,18). The maximum atomic E-state index is 12.0. The van der Waals surface area contributed by atoms with Crippen molar-refractivity contribution in [1.82, 2.24) is 5.32 Å². The van der Waals surface area contributed by atoms with Gasteiger partial charge in [0.1, 0.15) is 0 Å². The van der Waals surface area contributed by atoms with Crippen molar-refractivity contribution in [2.45, 2.75) is 32.5 Å². The highest BCUT2D eigenvalue weighted by Crippen LogP contribution is 2.41. The van der Waals surface area contributed by atoms with E-state index < -0.39 is 24.8 Å². The summed E-state index contributed by atoms with van der Waals surface area (Å²) in [5.74, 6) is 0.396. The molecule has 1 aromatic carbocycles. The number of urea groups is 1. The van der Waals surface area contributed by atoms with Crippen molar-refractivity contribution in [3.8, 4) is 11.5 Å². The zero-order valence-electron chi connectivity index (χ0n) is 11.2. The molecule has 1 aliphatic rings. The van der Waals surface area contributed by atoms with Crippen LogP contribution in [0.25, 0.3) is 0 Å². The maximum Gasteiger partial charge on any atom is 0.319 e. The third kappa shape index (κ3) is 3.28. The van der Waals surface area contributed by atoms with E-state index in [9.17, 15) is 13.6 Å². The van der Waals surface area contributed by atoms with Crippen LogP contribution in [0.4, 0.5) is 19.3 Å². The number of carbonyl (C=O) groups excluding carboxylic acids is 1. The van der Waals surface area contributed by atoms with Gasteiger partial charge in [0.25, 0.3) is 6.43 Å². The first-order valence-electron chi connectivity index (χ1n) is 6.27. The van der Waals surface area contributed by atoms with Crippen LogP contribution in [0, 0.1) is 0 Å². The molecule has 110 valence electrons. The topological polar surface area (TPSA) is 59.6 Å². The molecular formula is C13H16F2N2O3. The summed E-state index contributed by atoms with van der Waals surface area (Å²) in [7, 11) is 0. The number of hydrogen-bond donors (Lipinski definition) is 2. The molecule has 0 radical (unpaired) electrons. The van der Waals surface area contributed by atoms with E-state index in [0.717, 1.165) is 0 Å². The minimum Gasteiger partial charge on any atom is -0.449 e. The molecule has 5 nitrogen and oxygen atoms in total. The Hall–Kier alpha value is -2.05. The lowest BCUT2D eigenvalue weighted by Gasteiger charge is -2.20. The lowest BCUT2D eigenvalue weighted by Crippen LogP contribution is -2.33. The van der Waals surface area contributed by atoms with Gasteiger partial charge >= 0.3 is 6.03 Å². The van der Waals surface area contributed by atoms with E-state index in [2.05, 4.69) is 10.6 Å². The first kappa shape index (κ1) is 14.4. The highest BCUT2D eigenvalue weighted by molar-refractivity contribution is 5.89. The van der Waals surface area contributed by atoms with Crippen molar-refractivity contribution in [2.24, 2.45) is 0 Å². The van der Waals surface area contributed by atoms with Crippen molar-refractivity contribution in [3.63, 3.8) is 0 Å². The average molecular weight is 286 g/mol. The lowest BCUT2D eigenvalue weighted by atomic mass is 10.2. The van der Waals surface area contributed by atoms with Gasteiger partial charge in [-0.05, 0) is 12.1 Å². The molecular weight excluding hydrogens is 270 g/mol. The Bertz CT molecular complexity index is 510. The summed E-state index contributed by atoms with van der Waals surface area (Å²) in [6.07, 6.45) is -1.91. The smallest absolute Gasteiger partial charge is 0.319 e. The Morgan fingerprint density at radius 1 is 1.35 bits per heavy atom. The summed E-state index contributed by atoms with van der Waals surface area (Å²) < 4.78 is 35.2. The Balaban J connectivity index is 2.00. The average Bonchev–Trinajstić information content (AvgIpc) is 2.73. The van der Waals surface area contributed by atoms with Crippen molar-refractivity contribution in [2.75, 3.05) is 11.9 Å². The van der Waals surface area contributed by atoms with Crippen molar-refractivity contribution < 1.29 is 23.0 Å². The summed E-state index contributed by atoms with van der Waals surface area (Å²) in [5, 5.41) is 4.51. The van der Waals surface area contributed by atoms with Crippen LogP contribution in [0.15, 0.2) is 18.2 Å². The van der Waals surface area contributed by atoms with E-state index >= 15 is 0 Å². The second-order valence-electron chi connectivity index (χ2n) is 4.58. The molecule has 0 saturated carbocycles. The Morgan fingerprint density at radius 2 is 2.05 bits per heavy atom. The summed E-state index contributed by atoms with van der Waals surface area (Å²) in [6, 6.07) is 4.19. The predicted molar refractivity (Wildman–Crippen MR) is 69.4 cm³/mol. The molecule has 0 saturated heterocycles. The van der Waals surface area contributed by atoms with Crippen molar-refractivity contribution in [1.29, 1.82) is 0 Å². The SMILES string of the molecule is CCC1(C)Oc2ccc(NC(=O)NCC(F)F)cc2O1. The largest absolute Gasteiger partial charge is 0.449 e. The highest BCUT2D eigenvalue weighted by atomic mass is 19.3. The molecule has 1 aliphatic heterocycles. The fourth-order valence-electron chi connectivity index (χ4n) is 1.73. The van der Waals surface area contributed by atoms with Gasteiger partial charge in [-0.3, -0.25) is 0 Å². The third-order valence-electron chi connectivity index (χ3n) is 2.91. The molecule has 0 fully saturated rings. The van der Waals surface area contributed by atoms with E-state index in [-0.39, 0.29) is 0 Å². The number of rotatable bonds is 4. The van der Waals surface area contributed by atoms with Gasteiger partial charge in [0.15, 0.2) is 11.5 Å². The summed E-state index contributed by atoms with van der Waals surface area (Å²) in [6.45, 7) is 3.06. The van der Waals surface area contributed by atoms with E-state index in [4.69, 9.17) is 9.47 Å². The summed E-state index contributed by atoms with van der Waals surface area (Å²) in [4.78, 5) is 11.4. The van der Waals surface area contributed by atoms with Gasteiger partial charge in [-0.15, -0.1) is 0 Å². The first-order chi connectivity index (χ1) is 9.42. The molecule has 1 atom stereocenters. The van der Waals surface area contributed by atoms with Gasteiger partial charge in [-0.25, -0.2) is 13.6 Å². The molecule has 7 heteroatoms. The number of amides is 2. The number of fused-ring (bicyclic) bond motifs is 1. The van der Waals surface area contributed by atoms with E-state index in [1.165, 1.54) is 0 Å². The molecule has 0 bridgehead atoms. The molecule has 2 N–H and O–H groups in total. The van der Waals surface area contributed by atoms with Crippen LogP contribution in [0.3, 0.4) is 0 Å². The molecule has 20 heavy (non-hydrogen) atoms. The predicted octanol–water partition coefficient (Wildman–Crippen LogP) is 2.97. The summed E-state index contributed by atoms with van der Waals surface area (Å²) in [5.41, 5.74) is 0.444. The van der Waals surface area contributed by atoms with Crippen molar-refractivity contribution in [3.05, 3.63) is 18.2 Å². The molecule has 1 unspecified atom stereocenters. The van der Waals surface area contributed by atoms with Crippen LogP contribution < -0.4 is 20.1 Å². The molecule has 2 rings (SSSR count). The molecule has 0 aliphatic carbocycles. The van der Waals surface area contributed by atoms with Gasteiger partial charge in [-0.1, -0.05) is 6.92 Å². The van der Waals surface area contributed by atoms with Crippen molar-refractivity contribution >= 4 is 11.7 Å². The van der Waals surface area contributed by atoms with E-state index in [1.54, 1.807) is 18.2 Å². The van der Waals surface area contributed by atoms with Crippen LogP contribution >= 0.6 is 0 Å². The third-order valence-corrected chi connectivity index (χ3v) is 2.91. The van der Waals surface area contributed by atoms with Crippen LogP contribution in [-0.4, -0.2) is 24.8 Å². The van der Waals surface area contributed by atoms with Crippen LogP contribution in [0.5, 0.6) is 11.5 Å².